The highest BCUT2D eigenvalue weighted by molar-refractivity contribution is 6.31. The summed E-state index contributed by atoms with van der Waals surface area (Å²) in [6.45, 7) is 5.46. The van der Waals surface area contributed by atoms with Crippen LogP contribution in [-0.2, 0) is 11.2 Å². The second-order valence-electron chi connectivity index (χ2n) is 7.08. The van der Waals surface area contributed by atoms with Gasteiger partial charge in [0.1, 0.15) is 17.3 Å². The van der Waals surface area contributed by atoms with Gasteiger partial charge >= 0.3 is 0 Å². The van der Waals surface area contributed by atoms with E-state index in [-0.39, 0.29) is 24.2 Å². The first-order chi connectivity index (χ1) is 12.6. The number of nitrogens with zero attached hydrogens (tertiary/aromatic N) is 1. The number of carbonyl (C=O) groups excluding carboxylic acids is 1. The third-order valence-electron chi connectivity index (χ3n) is 4.43. The Morgan fingerprint density at radius 2 is 1.96 bits per heavy atom. The van der Waals surface area contributed by atoms with Gasteiger partial charge in [-0.1, -0.05) is 31.5 Å². The van der Waals surface area contributed by atoms with E-state index in [1.807, 2.05) is 20.8 Å². The van der Waals surface area contributed by atoms with Crippen molar-refractivity contribution in [3.8, 4) is 11.5 Å². The molecule has 146 valence electrons. The first-order valence-corrected chi connectivity index (χ1v) is 9.11. The van der Waals surface area contributed by atoms with Crippen molar-refractivity contribution in [3.63, 3.8) is 0 Å². The predicted molar refractivity (Wildman–Crippen MR) is 105 cm³/mol. The van der Waals surface area contributed by atoms with Crippen molar-refractivity contribution < 1.29 is 19.0 Å². The van der Waals surface area contributed by atoms with Gasteiger partial charge in [-0.15, -0.1) is 0 Å². The number of aromatic hydroxyl groups is 1. The molecule has 1 N–H and O–H groups in total. The number of phenols is 1. The number of benzene rings is 2. The van der Waals surface area contributed by atoms with Gasteiger partial charge in [-0.2, -0.15) is 0 Å². The van der Waals surface area contributed by atoms with Crippen LogP contribution in [0.15, 0.2) is 24.3 Å². The summed E-state index contributed by atoms with van der Waals surface area (Å²) in [6, 6.07) is 6.51. The Bertz CT molecular complexity index is 827. The summed E-state index contributed by atoms with van der Waals surface area (Å²) in [5.74, 6) is -0.238. The molecule has 0 radical (unpaired) electrons. The standard InChI is InChI=1S/C21H25ClFNO3/c1-12(2)20-18(25)7-6-14(21(20)23)9-16-13(3)8-15(10-17(16)22)27-11-19(26)24(4)5/h6-8,10,12,25H,9,11H2,1-5H3. The molecule has 4 nitrogen and oxygen atoms in total. The zero-order chi connectivity index (χ0) is 20.3. The van der Waals surface area contributed by atoms with E-state index in [4.69, 9.17) is 16.3 Å². The quantitative estimate of drug-likeness (QED) is 0.775. The van der Waals surface area contributed by atoms with Crippen LogP contribution in [0.25, 0.3) is 0 Å². The number of aryl methyl sites for hydroxylation is 1. The molecule has 0 aliphatic heterocycles. The van der Waals surface area contributed by atoms with Gasteiger partial charge in [0, 0.05) is 31.1 Å². The summed E-state index contributed by atoms with van der Waals surface area (Å²) in [7, 11) is 3.31. The average Bonchev–Trinajstić information content (AvgIpc) is 2.57. The fraction of sp³-hybridized carbons (Fsp3) is 0.381. The van der Waals surface area contributed by atoms with Crippen LogP contribution in [-0.4, -0.2) is 36.6 Å². The normalized spacial score (nSPS) is 11.0. The smallest absolute Gasteiger partial charge is 0.259 e. The van der Waals surface area contributed by atoms with Gasteiger partial charge in [0.2, 0.25) is 0 Å². The number of carbonyl (C=O) groups is 1. The summed E-state index contributed by atoms with van der Waals surface area (Å²) in [4.78, 5) is 13.1. The largest absolute Gasteiger partial charge is 0.508 e. The maximum Gasteiger partial charge on any atom is 0.259 e. The molecule has 27 heavy (non-hydrogen) atoms. The molecular weight excluding hydrogens is 369 g/mol. The van der Waals surface area contributed by atoms with Crippen LogP contribution in [0.3, 0.4) is 0 Å². The maximum absolute atomic E-state index is 14.8. The molecule has 1 amide bonds. The SMILES string of the molecule is Cc1cc(OCC(=O)N(C)C)cc(Cl)c1Cc1ccc(O)c(C(C)C)c1F. The van der Waals surface area contributed by atoms with Crippen molar-refractivity contribution in [2.75, 3.05) is 20.7 Å². The molecule has 0 aliphatic carbocycles. The third-order valence-corrected chi connectivity index (χ3v) is 4.77. The molecule has 0 unspecified atom stereocenters. The van der Waals surface area contributed by atoms with Crippen molar-refractivity contribution >= 4 is 17.5 Å². The molecule has 0 saturated carbocycles. The number of halogens is 2. The van der Waals surface area contributed by atoms with E-state index in [0.717, 1.165) is 11.1 Å². The van der Waals surface area contributed by atoms with Crippen LogP contribution < -0.4 is 4.74 Å². The summed E-state index contributed by atoms with van der Waals surface area (Å²) in [5.41, 5.74) is 2.40. The summed E-state index contributed by atoms with van der Waals surface area (Å²) in [5, 5.41) is 10.4. The molecule has 0 aliphatic rings. The Morgan fingerprint density at radius 1 is 1.30 bits per heavy atom. The number of phenolic OH excluding ortho intramolecular Hbond substituents is 1. The second kappa shape index (κ2) is 8.61. The molecule has 2 aromatic carbocycles. The molecule has 2 aromatic rings. The highest BCUT2D eigenvalue weighted by Gasteiger charge is 2.18. The molecule has 0 spiro atoms. The van der Waals surface area contributed by atoms with E-state index in [0.29, 0.717) is 28.3 Å². The maximum atomic E-state index is 14.8. The first kappa shape index (κ1) is 21.0. The summed E-state index contributed by atoms with van der Waals surface area (Å²) in [6.07, 6.45) is 0.299. The van der Waals surface area contributed by atoms with E-state index in [1.165, 1.54) is 11.0 Å². The van der Waals surface area contributed by atoms with Crippen LogP contribution in [0, 0.1) is 12.7 Å². The Labute approximate surface area is 164 Å². The van der Waals surface area contributed by atoms with Crippen molar-refractivity contribution in [1.82, 2.24) is 4.90 Å². The van der Waals surface area contributed by atoms with E-state index in [2.05, 4.69) is 0 Å². The van der Waals surface area contributed by atoms with Crippen LogP contribution in [0.2, 0.25) is 5.02 Å². The molecule has 0 bridgehead atoms. The lowest BCUT2D eigenvalue weighted by Crippen LogP contribution is -2.27. The van der Waals surface area contributed by atoms with E-state index in [1.54, 1.807) is 32.3 Å². The monoisotopic (exact) mass is 393 g/mol. The fourth-order valence-electron chi connectivity index (χ4n) is 2.83. The predicted octanol–water partition coefficient (Wildman–Crippen LogP) is 4.67. The number of amides is 1. The third kappa shape index (κ3) is 4.92. The number of ether oxygens (including phenoxy) is 1. The molecule has 6 heteroatoms. The number of hydrogen-bond acceptors (Lipinski definition) is 3. The Balaban J connectivity index is 2.28. The molecule has 0 saturated heterocycles. The number of rotatable bonds is 6. The van der Waals surface area contributed by atoms with Crippen LogP contribution >= 0.6 is 11.6 Å². The first-order valence-electron chi connectivity index (χ1n) is 8.74. The zero-order valence-electron chi connectivity index (χ0n) is 16.3. The fourth-order valence-corrected chi connectivity index (χ4v) is 3.15. The van der Waals surface area contributed by atoms with Gasteiger partial charge in [0.05, 0.1) is 0 Å². The van der Waals surface area contributed by atoms with Gasteiger partial charge in [0.25, 0.3) is 5.91 Å². The highest BCUT2D eigenvalue weighted by atomic mass is 35.5. The van der Waals surface area contributed by atoms with Crippen molar-refractivity contribution in [3.05, 3.63) is 57.4 Å². The molecule has 0 heterocycles. The van der Waals surface area contributed by atoms with Gasteiger partial charge in [-0.05, 0) is 47.7 Å². The van der Waals surface area contributed by atoms with E-state index in [9.17, 15) is 14.3 Å². The van der Waals surface area contributed by atoms with Crippen molar-refractivity contribution in [1.29, 1.82) is 0 Å². The van der Waals surface area contributed by atoms with Crippen LogP contribution in [0.1, 0.15) is 42.0 Å². The lowest BCUT2D eigenvalue weighted by atomic mass is 9.94. The number of likely N-dealkylation sites (N-methyl/N-ethyl adjacent to an activating group) is 1. The van der Waals surface area contributed by atoms with E-state index >= 15 is 0 Å². The summed E-state index contributed by atoms with van der Waals surface area (Å²) < 4.78 is 20.3. The van der Waals surface area contributed by atoms with E-state index < -0.39 is 5.82 Å². The minimum Gasteiger partial charge on any atom is -0.508 e. The van der Waals surface area contributed by atoms with Gasteiger partial charge < -0.3 is 14.7 Å². The van der Waals surface area contributed by atoms with Crippen LogP contribution in [0.4, 0.5) is 4.39 Å². The second-order valence-corrected chi connectivity index (χ2v) is 7.49. The van der Waals surface area contributed by atoms with Gasteiger partial charge in [-0.3, -0.25) is 4.79 Å². The average molecular weight is 394 g/mol. The Morgan fingerprint density at radius 3 is 2.52 bits per heavy atom. The Hall–Kier alpha value is -2.27. The molecule has 0 fully saturated rings. The lowest BCUT2D eigenvalue weighted by molar-refractivity contribution is -0.130. The molecule has 2 rings (SSSR count). The molecule has 0 atom stereocenters. The molecular formula is C21H25ClFNO3. The van der Waals surface area contributed by atoms with Crippen LogP contribution in [0.5, 0.6) is 11.5 Å². The lowest BCUT2D eigenvalue weighted by Gasteiger charge is -2.16. The molecule has 0 aromatic heterocycles. The topological polar surface area (TPSA) is 49.8 Å². The summed E-state index contributed by atoms with van der Waals surface area (Å²) >= 11 is 6.40. The highest BCUT2D eigenvalue weighted by Crippen LogP contribution is 2.33. The van der Waals surface area contributed by atoms with Gasteiger partial charge in [-0.25, -0.2) is 4.39 Å². The van der Waals surface area contributed by atoms with Gasteiger partial charge in [0.15, 0.2) is 6.61 Å². The van der Waals surface area contributed by atoms with Crippen molar-refractivity contribution in [2.24, 2.45) is 0 Å². The minimum absolute atomic E-state index is 0.0385. The zero-order valence-corrected chi connectivity index (χ0v) is 17.0. The van der Waals surface area contributed by atoms with Crippen molar-refractivity contribution in [2.45, 2.75) is 33.1 Å². The Kier molecular flexibility index (Phi) is 6.71. The number of hydrogen-bond donors (Lipinski definition) is 1. The minimum atomic E-state index is -0.405.